The predicted molar refractivity (Wildman–Crippen MR) is 131 cm³/mol. The fraction of sp³-hybridized carbons (Fsp3) is 0.333. The minimum absolute atomic E-state index is 0.0228. The van der Waals surface area contributed by atoms with Crippen molar-refractivity contribution in [2.24, 2.45) is 0 Å². The maximum atomic E-state index is 9.51. The zero-order valence-electron chi connectivity index (χ0n) is 19.5. The highest BCUT2D eigenvalue weighted by Crippen LogP contribution is 2.46. The molecular weight excluding hydrogens is 403 g/mol. The van der Waals surface area contributed by atoms with Crippen molar-refractivity contribution in [3.63, 3.8) is 0 Å². The van der Waals surface area contributed by atoms with Crippen LogP contribution < -0.4 is 4.52 Å². The van der Waals surface area contributed by atoms with E-state index in [1.165, 1.54) is 16.7 Å². The van der Waals surface area contributed by atoms with E-state index in [1.807, 2.05) is 19.1 Å². The van der Waals surface area contributed by atoms with E-state index in [4.69, 9.17) is 4.52 Å². The molecule has 3 aromatic rings. The summed E-state index contributed by atoms with van der Waals surface area (Å²) >= 11 is 0. The maximum absolute atomic E-state index is 9.51. The summed E-state index contributed by atoms with van der Waals surface area (Å²) in [4.78, 5) is 19.0. The van der Waals surface area contributed by atoms with Gasteiger partial charge in [0, 0.05) is 0 Å². The van der Waals surface area contributed by atoms with Gasteiger partial charge < -0.3 is 14.3 Å². The summed E-state index contributed by atoms with van der Waals surface area (Å²) in [6, 6.07) is 20.9. The Hall–Kier alpha value is -2.19. The molecule has 2 N–H and O–H groups in total. The summed E-state index contributed by atoms with van der Waals surface area (Å²) in [6.07, 6.45) is 0. The van der Waals surface area contributed by atoms with E-state index in [2.05, 4.69) is 90.1 Å². The Balaban J connectivity index is 2.41. The monoisotopic (exact) mass is 436 g/mol. The van der Waals surface area contributed by atoms with Crippen molar-refractivity contribution in [2.45, 2.75) is 59.3 Å². The van der Waals surface area contributed by atoms with Crippen LogP contribution in [0.5, 0.6) is 5.75 Å². The molecule has 0 amide bonds. The van der Waals surface area contributed by atoms with E-state index in [-0.39, 0.29) is 10.8 Å². The lowest BCUT2D eigenvalue weighted by Gasteiger charge is -2.28. The molecule has 0 radical (unpaired) electrons. The smallest absolute Gasteiger partial charge is 0.391 e. The van der Waals surface area contributed by atoms with Crippen LogP contribution >= 0.6 is 8.60 Å². The van der Waals surface area contributed by atoms with Crippen LogP contribution in [0.2, 0.25) is 0 Å². The molecule has 3 rings (SSSR count). The van der Waals surface area contributed by atoms with Crippen LogP contribution in [0.25, 0.3) is 22.3 Å². The van der Waals surface area contributed by atoms with E-state index in [9.17, 15) is 9.79 Å². The molecule has 0 atom stereocenters. The van der Waals surface area contributed by atoms with Gasteiger partial charge in [-0.2, -0.15) is 0 Å². The summed E-state index contributed by atoms with van der Waals surface area (Å²) in [5, 5.41) is 0. The first-order valence-electron chi connectivity index (χ1n) is 10.6. The third-order valence-electron chi connectivity index (χ3n) is 5.62. The Morgan fingerprint density at radius 2 is 1.13 bits per heavy atom. The maximum Gasteiger partial charge on any atom is 0.391 e. The Kier molecular flexibility index (Phi) is 6.62. The second kappa shape index (κ2) is 8.74. The van der Waals surface area contributed by atoms with Crippen LogP contribution in [0, 0.1) is 6.92 Å². The minimum Gasteiger partial charge on any atom is -0.427 e. The first-order valence-corrected chi connectivity index (χ1v) is 11.8. The summed E-state index contributed by atoms with van der Waals surface area (Å²) in [5.74, 6) is 0.492. The highest BCUT2D eigenvalue weighted by molar-refractivity contribution is 7.39. The number of hydrogen-bond donors (Lipinski definition) is 2. The molecule has 0 saturated heterocycles. The van der Waals surface area contributed by atoms with Gasteiger partial charge in [0.1, 0.15) is 5.75 Å². The lowest BCUT2D eigenvalue weighted by molar-refractivity contribution is 0.374. The SMILES string of the molecule is Cc1c(OP(O)O)ccc(-c2ccccc2C(C)(C)C)c1-c1ccccc1C(C)(C)C. The molecule has 164 valence electrons. The second-order valence-electron chi connectivity index (χ2n) is 10.0. The van der Waals surface area contributed by atoms with Crippen LogP contribution in [0.15, 0.2) is 60.7 Å². The largest absolute Gasteiger partial charge is 0.427 e. The molecule has 0 aliphatic rings. The predicted octanol–water partition coefficient (Wildman–Crippen LogP) is 7.51. The van der Waals surface area contributed by atoms with Gasteiger partial charge in [0.2, 0.25) is 0 Å². The van der Waals surface area contributed by atoms with Crippen molar-refractivity contribution in [2.75, 3.05) is 0 Å². The summed E-state index contributed by atoms with van der Waals surface area (Å²) in [5.41, 5.74) is 7.82. The van der Waals surface area contributed by atoms with Crippen molar-refractivity contribution in [3.05, 3.63) is 77.4 Å². The molecular formula is C27H33O3P. The molecule has 3 aromatic carbocycles. The highest BCUT2D eigenvalue weighted by Gasteiger charge is 2.26. The summed E-state index contributed by atoms with van der Waals surface area (Å²) in [7, 11) is -2.49. The normalized spacial score (nSPS) is 12.3. The third kappa shape index (κ3) is 5.01. The number of benzene rings is 3. The lowest BCUT2D eigenvalue weighted by Crippen LogP contribution is -2.14. The fourth-order valence-corrected chi connectivity index (χ4v) is 4.55. The second-order valence-corrected chi connectivity index (χ2v) is 10.7. The quantitative estimate of drug-likeness (QED) is 0.416. The van der Waals surface area contributed by atoms with E-state index >= 15 is 0 Å². The van der Waals surface area contributed by atoms with Crippen molar-refractivity contribution in [1.29, 1.82) is 0 Å². The first-order chi connectivity index (χ1) is 14.4. The van der Waals surface area contributed by atoms with Gasteiger partial charge in [0.25, 0.3) is 0 Å². The molecule has 31 heavy (non-hydrogen) atoms. The standard InChI is InChI=1S/C27H33O3P/c1-18-24(30-31(28)29)17-16-20(19-12-8-10-14-22(19)26(2,3)4)25(18)21-13-9-11-15-23(21)27(5,6)7/h8-17,28-29H,1-7H3. The average molecular weight is 437 g/mol. The van der Waals surface area contributed by atoms with Crippen LogP contribution in [-0.2, 0) is 10.8 Å². The lowest BCUT2D eigenvalue weighted by atomic mass is 9.77. The Morgan fingerprint density at radius 1 is 0.645 bits per heavy atom. The molecule has 0 aromatic heterocycles. The van der Waals surface area contributed by atoms with E-state index < -0.39 is 8.60 Å². The van der Waals surface area contributed by atoms with Crippen LogP contribution in [0.1, 0.15) is 58.2 Å². The molecule has 0 unspecified atom stereocenters. The van der Waals surface area contributed by atoms with E-state index in [0.29, 0.717) is 5.75 Å². The van der Waals surface area contributed by atoms with Gasteiger partial charge in [-0.05, 0) is 62.8 Å². The van der Waals surface area contributed by atoms with Gasteiger partial charge in [0.15, 0.2) is 0 Å². The van der Waals surface area contributed by atoms with Gasteiger partial charge in [-0.25, -0.2) is 0 Å². The average Bonchev–Trinajstić information content (AvgIpc) is 2.68. The molecule has 0 spiro atoms. The zero-order chi connectivity index (χ0) is 23.0. The third-order valence-corrected chi connectivity index (χ3v) is 5.98. The van der Waals surface area contributed by atoms with E-state index in [0.717, 1.165) is 22.3 Å². The Labute approximate surface area is 187 Å². The van der Waals surface area contributed by atoms with Gasteiger partial charge in [0.05, 0.1) is 0 Å². The molecule has 3 nitrogen and oxygen atoms in total. The van der Waals surface area contributed by atoms with Gasteiger partial charge in [-0.3, -0.25) is 0 Å². The molecule has 0 aliphatic heterocycles. The molecule has 4 heteroatoms. The van der Waals surface area contributed by atoms with Crippen molar-refractivity contribution >= 4 is 8.60 Å². The van der Waals surface area contributed by atoms with Crippen molar-refractivity contribution in [3.8, 4) is 28.0 Å². The fourth-order valence-electron chi connectivity index (χ4n) is 4.18. The molecule has 0 bridgehead atoms. The van der Waals surface area contributed by atoms with E-state index in [1.54, 1.807) is 0 Å². The molecule has 0 aliphatic carbocycles. The minimum atomic E-state index is -2.49. The van der Waals surface area contributed by atoms with Crippen LogP contribution in [-0.4, -0.2) is 9.79 Å². The van der Waals surface area contributed by atoms with Crippen LogP contribution in [0.4, 0.5) is 0 Å². The van der Waals surface area contributed by atoms with Gasteiger partial charge in [-0.15, -0.1) is 0 Å². The number of hydrogen-bond acceptors (Lipinski definition) is 3. The first kappa shape index (κ1) is 23.5. The zero-order valence-corrected chi connectivity index (χ0v) is 20.4. The summed E-state index contributed by atoms with van der Waals surface area (Å²) < 4.78 is 5.40. The Bertz CT molecular complexity index is 1070. The van der Waals surface area contributed by atoms with Crippen molar-refractivity contribution < 1.29 is 14.3 Å². The molecule has 0 fully saturated rings. The number of rotatable bonds is 4. The highest BCUT2D eigenvalue weighted by atomic mass is 31.2. The van der Waals surface area contributed by atoms with Gasteiger partial charge >= 0.3 is 8.60 Å². The topological polar surface area (TPSA) is 49.7 Å². The van der Waals surface area contributed by atoms with Crippen LogP contribution in [0.3, 0.4) is 0 Å². The Morgan fingerprint density at radius 3 is 1.65 bits per heavy atom. The van der Waals surface area contributed by atoms with Gasteiger partial charge in [-0.1, -0.05) is 96.1 Å². The van der Waals surface area contributed by atoms with Crippen molar-refractivity contribution in [1.82, 2.24) is 0 Å². The molecule has 0 saturated carbocycles. The summed E-state index contributed by atoms with van der Waals surface area (Å²) in [6.45, 7) is 15.3. The molecule has 0 heterocycles.